The molecule has 3 rings (SSSR count). The highest BCUT2D eigenvalue weighted by molar-refractivity contribution is 5.95. The van der Waals surface area contributed by atoms with E-state index in [0.29, 0.717) is 17.5 Å². The molecule has 1 heterocycles. The van der Waals surface area contributed by atoms with E-state index in [1.807, 2.05) is 30.3 Å². The highest BCUT2D eigenvalue weighted by atomic mass is 16.6. The number of phenolic OH excluding ortho intramolecular Hbond substituents is 1. The first kappa shape index (κ1) is 18.7. The number of aromatic nitrogens is 1. The van der Waals surface area contributed by atoms with Gasteiger partial charge in [-0.2, -0.15) is 5.10 Å². The van der Waals surface area contributed by atoms with Crippen LogP contribution in [0.2, 0.25) is 0 Å². The van der Waals surface area contributed by atoms with Gasteiger partial charge in [-0.1, -0.05) is 30.3 Å². The molecule has 0 aliphatic carbocycles. The van der Waals surface area contributed by atoms with E-state index in [9.17, 15) is 20.0 Å². The molecule has 3 aromatic rings. The predicted molar refractivity (Wildman–Crippen MR) is 103 cm³/mol. The second-order valence-electron chi connectivity index (χ2n) is 5.91. The normalized spacial score (nSPS) is 10.7. The van der Waals surface area contributed by atoms with Crippen molar-refractivity contribution in [2.24, 2.45) is 5.10 Å². The Morgan fingerprint density at radius 1 is 1.14 bits per heavy atom. The van der Waals surface area contributed by atoms with Crippen LogP contribution in [-0.2, 0) is 6.42 Å². The Morgan fingerprint density at radius 3 is 2.54 bits per heavy atom. The highest BCUT2D eigenvalue weighted by Crippen LogP contribution is 2.31. The lowest BCUT2D eigenvalue weighted by atomic mass is 10.0. The van der Waals surface area contributed by atoms with Crippen LogP contribution in [0.5, 0.6) is 5.75 Å². The average molecular weight is 376 g/mol. The zero-order chi connectivity index (χ0) is 19.9. The molecule has 0 atom stereocenters. The average Bonchev–Trinajstić information content (AvgIpc) is 2.71. The van der Waals surface area contributed by atoms with Crippen LogP contribution in [0.1, 0.15) is 27.0 Å². The minimum absolute atomic E-state index is 0.134. The van der Waals surface area contributed by atoms with E-state index >= 15 is 0 Å². The number of nitro groups is 1. The number of nitrogens with zero attached hydrogens (tertiary/aromatic N) is 3. The van der Waals surface area contributed by atoms with Gasteiger partial charge in [0.2, 0.25) is 5.75 Å². The summed E-state index contributed by atoms with van der Waals surface area (Å²) in [5.41, 5.74) is 3.99. The summed E-state index contributed by atoms with van der Waals surface area (Å²) in [6.45, 7) is 0. The van der Waals surface area contributed by atoms with Crippen molar-refractivity contribution in [1.82, 2.24) is 10.4 Å². The molecule has 0 saturated heterocycles. The fourth-order valence-electron chi connectivity index (χ4n) is 2.60. The molecule has 2 N–H and O–H groups in total. The van der Waals surface area contributed by atoms with Crippen molar-refractivity contribution in [3.8, 4) is 5.75 Å². The highest BCUT2D eigenvalue weighted by Gasteiger charge is 2.18. The first-order chi connectivity index (χ1) is 13.5. The number of nitrogens with one attached hydrogen (secondary N) is 1. The predicted octanol–water partition coefficient (Wildman–Crippen LogP) is 3.05. The zero-order valence-corrected chi connectivity index (χ0v) is 14.6. The largest absolute Gasteiger partial charge is 0.502 e. The molecule has 1 aromatic heterocycles. The lowest BCUT2D eigenvalue weighted by Gasteiger charge is -2.06. The van der Waals surface area contributed by atoms with Crippen molar-refractivity contribution < 1.29 is 14.8 Å². The first-order valence-electron chi connectivity index (χ1n) is 8.32. The van der Waals surface area contributed by atoms with E-state index in [1.54, 1.807) is 6.07 Å². The molecule has 0 aliphatic rings. The number of nitro benzene ring substituents is 1. The molecule has 8 heteroatoms. The van der Waals surface area contributed by atoms with Gasteiger partial charge in [0, 0.05) is 29.6 Å². The van der Waals surface area contributed by atoms with Gasteiger partial charge in [0.15, 0.2) is 0 Å². The number of aromatic hydroxyl groups is 1. The van der Waals surface area contributed by atoms with Gasteiger partial charge in [-0.3, -0.25) is 19.9 Å². The summed E-state index contributed by atoms with van der Waals surface area (Å²) in [5.74, 6) is -0.975. The van der Waals surface area contributed by atoms with E-state index in [2.05, 4.69) is 15.5 Å². The smallest absolute Gasteiger partial charge is 0.311 e. The Kier molecular flexibility index (Phi) is 5.71. The quantitative estimate of drug-likeness (QED) is 0.389. The molecule has 140 valence electrons. The molecule has 0 unspecified atom stereocenters. The van der Waals surface area contributed by atoms with Gasteiger partial charge < -0.3 is 5.11 Å². The summed E-state index contributed by atoms with van der Waals surface area (Å²) in [6, 6.07) is 15.4. The summed E-state index contributed by atoms with van der Waals surface area (Å²) < 4.78 is 0. The van der Waals surface area contributed by atoms with Gasteiger partial charge in [-0.05, 0) is 35.7 Å². The maximum atomic E-state index is 12.0. The van der Waals surface area contributed by atoms with Crippen molar-refractivity contribution in [2.75, 3.05) is 0 Å². The number of rotatable bonds is 6. The molecule has 1 amide bonds. The lowest BCUT2D eigenvalue weighted by Crippen LogP contribution is -2.17. The van der Waals surface area contributed by atoms with E-state index in [1.165, 1.54) is 36.8 Å². The molecule has 0 saturated carbocycles. The van der Waals surface area contributed by atoms with Crippen LogP contribution >= 0.6 is 0 Å². The zero-order valence-electron chi connectivity index (χ0n) is 14.6. The first-order valence-corrected chi connectivity index (χ1v) is 8.32. The van der Waals surface area contributed by atoms with E-state index in [0.717, 1.165) is 5.56 Å². The second-order valence-corrected chi connectivity index (χ2v) is 5.91. The molecule has 2 aromatic carbocycles. The Hall–Kier alpha value is -4.07. The van der Waals surface area contributed by atoms with E-state index in [4.69, 9.17) is 0 Å². The molecule has 0 bridgehead atoms. The number of hydrogen-bond acceptors (Lipinski definition) is 6. The number of phenols is 1. The fraction of sp³-hybridized carbons (Fsp3) is 0.0500. The van der Waals surface area contributed by atoms with Crippen LogP contribution in [0, 0.1) is 10.1 Å². The number of hydrogen-bond donors (Lipinski definition) is 2. The Morgan fingerprint density at radius 2 is 1.86 bits per heavy atom. The van der Waals surface area contributed by atoms with Gasteiger partial charge in [0.05, 0.1) is 11.1 Å². The Balaban J connectivity index is 1.84. The van der Waals surface area contributed by atoms with Crippen molar-refractivity contribution in [1.29, 1.82) is 0 Å². The second kappa shape index (κ2) is 8.54. The minimum atomic E-state index is -0.656. The summed E-state index contributed by atoms with van der Waals surface area (Å²) >= 11 is 0. The SMILES string of the molecule is O=C(NN=Cc1cc(Cc2ccccc2)cc([N+](=O)[O-])c1O)c1ccncc1. The molecule has 28 heavy (non-hydrogen) atoms. The Bertz CT molecular complexity index is 1020. The van der Waals surface area contributed by atoms with Crippen LogP contribution in [0.15, 0.2) is 72.1 Å². The molecular weight excluding hydrogens is 360 g/mol. The van der Waals surface area contributed by atoms with Gasteiger partial charge >= 0.3 is 5.69 Å². The Labute approximate surface area is 160 Å². The van der Waals surface area contributed by atoms with Crippen molar-refractivity contribution in [2.45, 2.75) is 6.42 Å². The van der Waals surface area contributed by atoms with E-state index < -0.39 is 22.3 Å². The number of carbonyl (C=O) groups is 1. The van der Waals surface area contributed by atoms with Gasteiger partial charge in [-0.25, -0.2) is 5.43 Å². The standard InChI is InChI=1S/C20H16N4O4/c25-19-17(13-22-23-20(26)16-6-8-21-9-7-16)11-15(12-18(19)24(27)28)10-14-4-2-1-3-5-14/h1-9,11-13,25H,10H2,(H,23,26). The van der Waals surface area contributed by atoms with Gasteiger partial charge in [0.1, 0.15) is 0 Å². The summed E-state index contributed by atoms with van der Waals surface area (Å²) in [7, 11) is 0. The number of hydrazone groups is 1. The summed E-state index contributed by atoms with van der Waals surface area (Å²) in [5, 5.41) is 25.2. The monoisotopic (exact) mass is 376 g/mol. The number of amides is 1. The molecule has 8 nitrogen and oxygen atoms in total. The molecular formula is C20H16N4O4. The van der Waals surface area contributed by atoms with Crippen molar-refractivity contribution in [3.05, 3.63) is 99.4 Å². The van der Waals surface area contributed by atoms with Crippen molar-refractivity contribution >= 4 is 17.8 Å². The van der Waals surface area contributed by atoms with Gasteiger partial charge in [0.25, 0.3) is 5.91 Å². The van der Waals surface area contributed by atoms with Crippen LogP contribution in [0.4, 0.5) is 5.69 Å². The summed E-state index contributed by atoms with van der Waals surface area (Å²) in [4.78, 5) is 26.4. The third-order valence-electron chi connectivity index (χ3n) is 3.94. The van der Waals surface area contributed by atoms with Crippen LogP contribution in [-0.4, -0.2) is 27.1 Å². The van der Waals surface area contributed by atoms with Crippen LogP contribution in [0.25, 0.3) is 0 Å². The van der Waals surface area contributed by atoms with E-state index in [-0.39, 0.29) is 5.56 Å². The topological polar surface area (TPSA) is 118 Å². The molecule has 0 fully saturated rings. The fourth-order valence-corrected chi connectivity index (χ4v) is 2.60. The van der Waals surface area contributed by atoms with Gasteiger partial charge in [-0.15, -0.1) is 0 Å². The minimum Gasteiger partial charge on any atom is -0.502 e. The third-order valence-corrected chi connectivity index (χ3v) is 3.94. The number of pyridine rings is 1. The third kappa shape index (κ3) is 4.55. The maximum Gasteiger partial charge on any atom is 0.311 e. The summed E-state index contributed by atoms with van der Waals surface area (Å²) in [6.07, 6.45) is 4.57. The molecule has 0 spiro atoms. The molecule has 0 aliphatic heterocycles. The molecule has 0 radical (unpaired) electrons. The van der Waals surface area contributed by atoms with Crippen LogP contribution < -0.4 is 5.43 Å². The van der Waals surface area contributed by atoms with Crippen LogP contribution in [0.3, 0.4) is 0 Å². The van der Waals surface area contributed by atoms with Crippen molar-refractivity contribution in [3.63, 3.8) is 0 Å². The number of carbonyl (C=O) groups excluding carboxylic acids is 1. The number of benzene rings is 2. The maximum absolute atomic E-state index is 12.0. The lowest BCUT2D eigenvalue weighted by molar-refractivity contribution is -0.385.